The van der Waals surface area contributed by atoms with Gasteiger partial charge in [-0.3, -0.25) is 4.90 Å². The third-order valence-electron chi connectivity index (χ3n) is 8.66. The number of nitrogens with zero attached hydrogens (tertiary/aromatic N) is 1. The first-order valence-electron chi connectivity index (χ1n) is 12.6. The van der Waals surface area contributed by atoms with Gasteiger partial charge in [0.05, 0.1) is 6.04 Å². The molecule has 4 fully saturated rings. The van der Waals surface area contributed by atoms with Gasteiger partial charge >= 0.3 is 6.09 Å². The van der Waals surface area contributed by atoms with Gasteiger partial charge < -0.3 is 10.1 Å². The Morgan fingerprint density at radius 2 is 1.81 bits per heavy atom. The molecule has 1 spiro atoms. The molecule has 2 atom stereocenters. The molecule has 2 aromatic carbocycles. The van der Waals surface area contributed by atoms with Crippen molar-refractivity contribution in [3.8, 4) is 11.1 Å². The Hall–Kier alpha value is -2.33. The molecule has 3 heterocycles. The number of amides is 1. The monoisotopic (exact) mass is 430 g/mol. The van der Waals surface area contributed by atoms with Gasteiger partial charge in [0, 0.05) is 6.54 Å². The van der Waals surface area contributed by atoms with Gasteiger partial charge in [-0.15, -0.1) is 0 Å². The van der Waals surface area contributed by atoms with Crippen LogP contribution in [0.3, 0.4) is 0 Å². The van der Waals surface area contributed by atoms with Crippen molar-refractivity contribution in [2.75, 3.05) is 19.6 Å². The number of alkyl carbamates (subject to hydrolysis) is 1. The van der Waals surface area contributed by atoms with E-state index in [4.69, 9.17) is 4.74 Å². The number of piperidine rings is 3. The fourth-order valence-corrected chi connectivity index (χ4v) is 6.34. The maximum Gasteiger partial charge on any atom is 0.407 e. The first-order valence-corrected chi connectivity index (χ1v) is 12.6. The molecule has 4 nitrogen and oxygen atoms in total. The summed E-state index contributed by atoms with van der Waals surface area (Å²) in [6.45, 7) is 5.42. The van der Waals surface area contributed by atoms with Gasteiger partial charge in [-0.1, -0.05) is 49.4 Å². The zero-order valence-corrected chi connectivity index (χ0v) is 19.1. The smallest absolute Gasteiger partial charge is 0.407 e. The normalized spacial score (nSPS) is 29.4. The van der Waals surface area contributed by atoms with E-state index in [2.05, 4.69) is 59.6 Å². The van der Waals surface area contributed by atoms with Crippen LogP contribution >= 0.6 is 0 Å². The quantitative estimate of drug-likeness (QED) is 0.696. The van der Waals surface area contributed by atoms with E-state index >= 15 is 0 Å². The van der Waals surface area contributed by atoms with E-state index in [0.29, 0.717) is 5.92 Å². The molecule has 1 amide bonds. The highest BCUT2D eigenvalue weighted by atomic mass is 16.6. The number of fused-ring (bicyclic) bond motifs is 4. The minimum atomic E-state index is -0.216. The van der Waals surface area contributed by atoms with E-state index in [-0.39, 0.29) is 23.7 Å². The maximum absolute atomic E-state index is 13.0. The molecule has 168 valence electrons. The maximum atomic E-state index is 13.0. The SMILES string of the molecule is CCc1ccc(-c2ccc3c(c2)CCC2(CC2)C3NC(=O)O[C@H]2CN3CCC2CC3)cc1. The predicted octanol–water partition coefficient (Wildman–Crippen LogP) is 5.50. The predicted molar refractivity (Wildman–Crippen MR) is 127 cm³/mol. The summed E-state index contributed by atoms with van der Waals surface area (Å²) >= 11 is 0. The Labute approximate surface area is 191 Å². The van der Waals surface area contributed by atoms with E-state index in [9.17, 15) is 4.79 Å². The summed E-state index contributed by atoms with van der Waals surface area (Å²) < 4.78 is 5.99. The molecule has 3 aliphatic heterocycles. The molecule has 2 aromatic rings. The molecule has 2 aliphatic carbocycles. The Kier molecular flexibility index (Phi) is 5.02. The van der Waals surface area contributed by atoms with Crippen LogP contribution in [0.4, 0.5) is 4.79 Å². The van der Waals surface area contributed by atoms with Gasteiger partial charge in [0.15, 0.2) is 0 Å². The van der Waals surface area contributed by atoms with Gasteiger partial charge in [-0.25, -0.2) is 4.79 Å². The molecule has 3 saturated heterocycles. The lowest BCUT2D eigenvalue weighted by Gasteiger charge is -2.44. The van der Waals surface area contributed by atoms with Crippen molar-refractivity contribution in [2.45, 2.75) is 64.0 Å². The van der Waals surface area contributed by atoms with Crippen LogP contribution in [0.25, 0.3) is 11.1 Å². The van der Waals surface area contributed by atoms with Crippen molar-refractivity contribution in [1.29, 1.82) is 0 Å². The van der Waals surface area contributed by atoms with E-state index in [1.165, 1.54) is 40.7 Å². The van der Waals surface area contributed by atoms with E-state index < -0.39 is 0 Å². The molecular formula is C28H34N2O2. The number of carbonyl (C=O) groups excluding carboxylic acids is 1. The Morgan fingerprint density at radius 3 is 2.47 bits per heavy atom. The van der Waals surface area contributed by atoms with E-state index in [1.807, 2.05) is 0 Å². The van der Waals surface area contributed by atoms with Crippen molar-refractivity contribution < 1.29 is 9.53 Å². The summed E-state index contributed by atoms with van der Waals surface area (Å²) in [5.74, 6) is 0.543. The third-order valence-corrected chi connectivity index (χ3v) is 8.66. The summed E-state index contributed by atoms with van der Waals surface area (Å²) in [6.07, 6.45) is 7.90. The number of hydrogen-bond acceptors (Lipinski definition) is 3. The van der Waals surface area contributed by atoms with Crippen LogP contribution in [-0.4, -0.2) is 36.7 Å². The number of aryl methyl sites for hydroxylation is 2. The fraction of sp³-hybridized carbons (Fsp3) is 0.536. The summed E-state index contributed by atoms with van der Waals surface area (Å²) in [5, 5.41) is 3.33. The van der Waals surface area contributed by atoms with Gasteiger partial charge in [-0.2, -0.15) is 0 Å². The molecule has 5 aliphatic rings. The molecule has 0 radical (unpaired) electrons. The lowest BCUT2D eigenvalue weighted by molar-refractivity contribution is -0.0347. The van der Waals surface area contributed by atoms with Crippen LogP contribution in [0.5, 0.6) is 0 Å². The van der Waals surface area contributed by atoms with Crippen molar-refractivity contribution in [3.05, 3.63) is 59.2 Å². The van der Waals surface area contributed by atoms with Crippen LogP contribution < -0.4 is 5.32 Å². The molecule has 4 heteroatoms. The number of ether oxygens (including phenoxy) is 1. The lowest BCUT2D eigenvalue weighted by Crippen LogP contribution is -2.53. The summed E-state index contributed by atoms with van der Waals surface area (Å²) in [7, 11) is 0. The topological polar surface area (TPSA) is 41.6 Å². The largest absolute Gasteiger partial charge is 0.445 e. The van der Waals surface area contributed by atoms with Crippen molar-refractivity contribution in [3.63, 3.8) is 0 Å². The van der Waals surface area contributed by atoms with Gasteiger partial charge in [0.2, 0.25) is 0 Å². The van der Waals surface area contributed by atoms with Gasteiger partial charge in [0.1, 0.15) is 6.10 Å². The second-order valence-corrected chi connectivity index (χ2v) is 10.5. The van der Waals surface area contributed by atoms with Crippen molar-refractivity contribution >= 4 is 6.09 Å². The Balaban J connectivity index is 1.21. The summed E-state index contributed by atoms with van der Waals surface area (Å²) in [6, 6.07) is 15.8. The van der Waals surface area contributed by atoms with E-state index in [0.717, 1.165) is 51.7 Å². The number of nitrogens with one attached hydrogen (secondary N) is 1. The zero-order chi connectivity index (χ0) is 21.7. The standard InChI is InChI=1S/C28H34N2O2/c1-2-19-3-5-20(6-4-19)22-7-8-24-23(17-22)9-12-28(13-14-28)26(24)29-27(31)32-25-18-30-15-10-21(25)11-16-30/h3-8,17,21,25-26H,2,9-16,18H2,1H3,(H,29,31)/t25-,26?/m0/s1. The fourth-order valence-electron chi connectivity index (χ4n) is 6.34. The highest BCUT2D eigenvalue weighted by Gasteiger charge is 2.53. The average molecular weight is 431 g/mol. The minimum Gasteiger partial charge on any atom is -0.445 e. The van der Waals surface area contributed by atoms with Crippen LogP contribution in [0.2, 0.25) is 0 Å². The Bertz CT molecular complexity index is 1000. The first-order chi connectivity index (χ1) is 15.6. The molecule has 1 saturated carbocycles. The third kappa shape index (κ3) is 3.63. The minimum absolute atomic E-state index is 0.0594. The Morgan fingerprint density at radius 1 is 1.06 bits per heavy atom. The zero-order valence-electron chi connectivity index (χ0n) is 19.1. The van der Waals surface area contributed by atoms with Crippen molar-refractivity contribution in [1.82, 2.24) is 10.2 Å². The summed E-state index contributed by atoms with van der Waals surface area (Å²) in [5.41, 5.74) is 6.83. The van der Waals surface area contributed by atoms with Gasteiger partial charge in [0.25, 0.3) is 0 Å². The van der Waals surface area contributed by atoms with Crippen molar-refractivity contribution in [2.24, 2.45) is 11.3 Å². The van der Waals surface area contributed by atoms with Crippen LogP contribution in [0.15, 0.2) is 42.5 Å². The van der Waals surface area contributed by atoms with Crippen LogP contribution in [-0.2, 0) is 17.6 Å². The van der Waals surface area contributed by atoms with Crippen LogP contribution in [0.1, 0.15) is 61.8 Å². The van der Waals surface area contributed by atoms with E-state index in [1.54, 1.807) is 0 Å². The number of carbonyl (C=O) groups is 1. The highest BCUT2D eigenvalue weighted by Crippen LogP contribution is 2.61. The molecule has 7 rings (SSSR count). The average Bonchev–Trinajstić information content (AvgIpc) is 3.62. The second-order valence-electron chi connectivity index (χ2n) is 10.5. The number of hydrogen-bond donors (Lipinski definition) is 1. The summed E-state index contributed by atoms with van der Waals surface area (Å²) in [4.78, 5) is 15.4. The molecular weight excluding hydrogens is 396 g/mol. The molecule has 2 bridgehead atoms. The first kappa shape index (κ1) is 20.3. The molecule has 1 unspecified atom stereocenters. The van der Waals surface area contributed by atoms with Gasteiger partial charge in [-0.05, 0) is 97.2 Å². The molecule has 0 aromatic heterocycles. The lowest BCUT2D eigenvalue weighted by atomic mass is 9.76. The van der Waals surface area contributed by atoms with Crippen LogP contribution in [0, 0.1) is 11.3 Å². The highest BCUT2D eigenvalue weighted by molar-refractivity contribution is 5.70. The molecule has 1 N–H and O–H groups in total. The number of benzene rings is 2. The number of rotatable bonds is 4. The second kappa shape index (κ2) is 7.91. The molecule has 32 heavy (non-hydrogen) atoms.